The summed E-state index contributed by atoms with van der Waals surface area (Å²) in [5, 5.41) is 11.3. The molecule has 1 atom stereocenters. The maximum Gasteiger partial charge on any atom is 0.258 e. The third kappa shape index (κ3) is 3.29. The van der Waals surface area contributed by atoms with E-state index < -0.39 is 0 Å². The SMILES string of the molecule is COC[C@@H](c1ccccn1)N(C)C(=O)c1ccc2cccnc2c1O. The standard InChI is InChI=1S/C19H19N3O3/c1-22(16(12-25-2)15-7-3-4-10-20-15)19(24)14-9-8-13-6-5-11-21-17(13)18(14)23/h3-11,16,23H,12H2,1-2H3/t16-/m0/s1. The van der Waals surface area contributed by atoms with Crippen molar-refractivity contribution >= 4 is 16.8 Å². The molecule has 0 aliphatic heterocycles. The summed E-state index contributed by atoms with van der Waals surface area (Å²) in [7, 11) is 3.24. The van der Waals surface area contributed by atoms with Crippen molar-refractivity contribution in [1.29, 1.82) is 0 Å². The first kappa shape index (κ1) is 16.9. The Bertz CT molecular complexity index is 883. The molecule has 3 rings (SSSR count). The summed E-state index contributed by atoms with van der Waals surface area (Å²) < 4.78 is 5.26. The van der Waals surface area contributed by atoms with Crippen LogP contribution in [0.5, 0.6) is 5.75 Å². The molecule has 6 nitrogen and oxygen atoms in total. The molecule has 128 valence electrons. The van der Waals surface area contributed by atoms with Gasteiger partial charge in [-0.1, -0.05) is 18.2 Å². The van der Waals surface area contributed by atoms with Gasteiger partial charge < -0.3 is 14.7 Å². The van der Waals surface area contributed by atoms with Crippen LogP contribution < -0.4 is 0 Å². The Kier molecular flexibility index (Phi) is 4.90. The van der Waals surface area contributed by atoms with Crippen molar-refractivity contribution in [2.75, 3.05) is 20.8 Å². The van der Waals surface area contributed by atoms with Crippen molar-refractivity contribution in [1.82, 2.24) is 14.9 Å². The van der Waals surface area contributed by atoms with Crippen LogP contribution in [0.15, 0.2) is 54.9 Å². The molecule has 0 fully saturated rings. The van der Waals surface area contributed by atoms with Crippen LogP contribution in [0.25, 0.3) is 10.9 Å². The summed E-state index contributed by atoms with van der Waals surface area (Å²) in [6, 6.07) is 12.2. The molecule has 1 N–H and O–H groups in total. The van der Waals surface area contributed by atoms with Gasteiger partial charge >= 0.3 is 0 Å². The van der Waals surface area contributed by atoms with Crippen LogP contribution in [-0.2, 0) is 4.74 Å². The molecule has 0 saturated heterocycles. The zero-order chi connectivity index (χ0) is 17.8. The van der Waals surface area contributed by atoms with E-state index in [9.17, 15) is 9.90 Å². The molecule has 25 heavy (non-hydrogen) atoms. The zero-order valence-corrected chi connectivity index (χ0v) is 14.1. The Hall–Kier alpha value is -2.99. The molecule has 0 radical (unpaired) electrons. The molecule has 3 aromatic rings. The number of benzene rings is 1. The molecule has 2 aromatic heterocycles. The highest BCUT2D eigenvalue weighted by atomic mass is 16.5. The van der Waals surface area contributed by atoms with Crippen molar-refractivity contribution in [3.63, 3.8) is 0 Å². The third-order valence-electron chi connectivity index (χ3n) is 4.12. The number of hydrogen-bond donors (Lipinski definition) is 1. The Morgan fingerprint density at radius 1 is 1.16 bits per heavy atom. The number of phenolic OH excluding ortho intramolecular Hbond substituents is 1. The van der Waals surface area contributed by atoms with Gasteiger partial charge in [-0.2, -0.15) is 0 Å². The predicted octanol–water partition coefficient (Wildman–Crippen LogP) is 2.80. The number of phenols is 1. The molecule has 0 aliphatic rings. The number of nitrogens with zero attached hydrogens (tertiary/aromatic N) is 3. The highest BCUT2D eigenvalue weighted by Crippen LogP contribution is 2.29. The number of carbonyl (C=O) groups excluding carboxylic acids is 1. The van der Waals surface area contributed by atoms with Crippen LogP contribution in [0, 0.1) is 0 Å². The van der Waals surface area contributed by atoms with Crippen molar-refractivity contribution in [2.45, 2.75) is 6.04 Å². The van der Waals surface area contributed by atoms with E-state index in [1.165, 1.54) is 4.90 Å². The van der Waals surface area contributed by atoms with Gasteiger partial charge in [-0.05, 0) is 24.3 Å². The number of ether oxygens (including phenoxy) is 1. The van der Waals surface area contributed by atoms with E-state index in [-0.39, 0.29) is 23.3 Å². The highest BCUT2D eigenvalue weighted by Gasteiger charge is 2.26. The molecule has 1 aromatic carbocycles. The number of fused-ring (bicyclic) bond motifs is 1. The summed E-state index contributed by atoms with van der Waals surface area (Å²) in [5.74, 6) is -0.440. The van der Waals surface area contributed by atoms with Crippen LogP contribution in [0.1, 0.15) is 22.1 Å². The number of carbonyl (C=O) groups is 1. The number of aromatic nitrogens is 2. The second-order valence-electron chi connectivity index (χ2n) is 5.68. The van der Waals surface area contributed by atoms with E-state index in [1.807, 2.05) is 24.3 Å². The lowest BCUT2D eigenvalue weighted by molar-refractivity contribution is 0.0592. The number of likely N-dealkylation sites (N-methyl/N-ethyl adjacent to an activating group) is 1. The van der Waals surface area contributed by atoms with Crippen molar-refractivity contribution in [3.05, 3.63) is 66.1 Å². The lowest BCUT2D eigenvalue weighted by Gasteiger charge is -2.27. The quantitative estimate of drug-likeness (QED) is 0.775. The number of aromatic hydroxyl groups is 1. The first-order chi connectivity index (χ1) is 12.1. The van der Waals surface area contributed by atoms with Gasteiger partial charge in [0.2, 0.25) is 0 Å². The molecular weight excluding hydrogens is 318 g/mol. The number of rotatable bonds is 5. The second-order valence-corrected chi connectivity index (χ2v) is 5.68. The molecule has 0 saturated carbocycles. The normalized spacial score (nSPS) is 12.1. The van der Waals surface area contributed by atoms with Gasteiger partial charge in [0.05, 0.1) is 23.9 Å². The van der Waals surface area contributed by atoms with Crippen LogP contribution >= 0.6 is 0 Å². The largest absolute Gasteiger partial charge is 0.505 e. The first-order valence-electron chi connectivity index (χ1n) is 7.87. The van der Waals surface area contributed by atoms with Gasteiger partial charge in [0, 0.05) is 31.9 Å². The molecular formula is C19H19N3O3. The van der Waals surface area contributed by atoms with Gasteiger partial charge in [0.25, 0.3) is 5.91 Å². The number of amides is 1. The predicted molar refractivity (Wildman–Crippen MR) is 94.4 cm³/mol. The average Bonchev–Trinajstić information content (AvgIpc) is 2.66. The Morgan fingerprint density at radius 2 is 1.96 bits per heavy atom. The summed E-state index contributed by atoms with van der Waals surface area (Å²) in [6.45, 7) is 0.297. The Morgan fingerprint density at radius 3 is 2.68 bits per heavy atom. The van der Waals surface area contributed by atoms with E-state index >= 15 is 0 Å². The summed E-state index contributed by atoms with van der Waals surface area (Å²) in [5.41, 5.74) is 1.33. The molecule has 0 aliphatic carbocycles. The van der Waals surface area contributed by atoms with E-state index in [1.54, 1.807) is 44.8 Å². The van der Waals surface area contributed by atoms with Gasteiger partial charge in [-0.15, -0.1) is 0 Å². The maximum atomic E-state index is 13.0. The van der Waals surface area contributed by atoms with Crippen LogP contribution in [-0.4, -0.2) is 46.6 Å². The summed E-state index contributed by atoms with van der Waals surface area (Å²) in [4.78, 5) is 23.0. The number of hydrogen-bond acceptors (Lipinski definition) is 5. The summed E-state index contributed by atoms with van der Waals surface area (Å²) in [6.07, 6.45) is 3.26. The average molecular weight is 337 g/mol. The van der Waals surface area contributed by atoms with Gasteiger partial charge in [-0.3, -0.25) is 14.8 Å². The minimum absolute atomic E-state index is 0.118. The molecule has 0 spiro atoms. The molecule has 1 amide bonds. The lowest BCUT2D eigenvalue weighted by Crippen LogP contribution is -2.34. The van der Waals surface area contributed by atoms with Crippen LogP contribution in [0.3, 0.4) is 0 Å². The van der Waals surface area contributed by atoms with Crippen LogP contribution in [0.4, 0.5) is 0 Å². The van der Waals surface area contributed by atoms with Crippen LogP contribution in [0.2, 0.25) is 0 Å². The minimum Gasteiger partial charge on any atom is -0.505 e. The maximum absolute atomic E-state index is 13.0. The Balaban J connectivity index is 1.97. The molecule has 6 heteroatoms. The fraction of sp³-hybridized carbons (Fsp3) is 0.211. The van der Waals surface area contributed by atoms with E-state index in [2.05, 4.69) is 9.97 Å². The third-order valence-corrected chi connectivity index (χ3v) is 4.12. The molecule has 0 bridgehead atoms. The van der Waals surface area contributed by atoms with Crippen molar-refractivity contribution in [2.24, 2.45) is 0 Å². The number of methoxy groups -OCH3 is 1. The fourth-order valence-electron chi connectivity index (χ4n) is 2.76. The highest BCUT2D eigenvalue weighted by molar-refractivity contribution is 6.02. The van der Waals surface area contributed by atoms with Crippen molar-refractivity contribution in [3.8, 4) is 5.75 Å². The van der Waals surface area contributed by atoms with Crippen molar-refractivity contribution < 1.29 is 14.6 Å². The van der Waals surface area contributed by atoms with Gasteiger partial charge in [-0.25, -0.2) is 0 Å². The van der Waals surface area contributed by atoms with Gasteiger partial charge in [0.15, 0.2) is 5.75 Å². The summed E-state index contributed by atoms with van der Waals surface area (Å²) >= 11 is 0. The molecule has 2 heterocycles. The minimum atomic E-state index is -0.363. The lowest BCUT2D eigenvalue weighted by atomic mass is 10.1. The smallest absolute Gasteiger partial charge is 0.258 e. The van der Waals surface area contributed by atoms with E-state index in [4.69, 9.17) is 4.74 Å². The number of pyridine rings is 2. The molecule has 0 unspecified atom stereocenters. The topological polar surface area (TPSA) is 75.5 Å². The fourth-order valence-corrected chi connectivity index (χ4v) is 2.76. The monoisotopic (exact) mass is 337 g/mol. The second kappa shape index (κ2) is 7.27. The van der Waals surface area contributed by atoms with Gasteiger partial charge in [0.1, 0.15) is 5.52 Å². The first-order valence-corrected chi connectivity index (χ1v) is 7.87. The van der Waals surface area contributed by atoms with E-state index in [0.29, 0.717) is 12.1 Å². The van der Waals surface area contributed by atoms with E-state index in [0.717, 1.165) is 11.1 Å². The zero-order valence-electron chi connectivity index (χ0n) is 14.1. The Labute approximate surface area is 145 Å².